The Kier molecular flexibility index (Phi) is 5.22. The van der Waals surface area contributed by atoms with Crippen LogP contribution in [0.5, 0.6) is 0 Å². The molecular weight excluding hydrogens is 151 g/mol. The second kappa shape index (κ2) is 5.19. The van der Waals surface area contributed by atoms with Crippen molar-refractivity contribution in [2.45, 2.75) is 12.8 Å². The third-order valence-corrected chi connectivity index (χ3v) is 1.04. The maximum Gasteiger partial charge on any atom is 0.324 e. The molecule has 2 nitrogen and oxygen atoms in total. The first-order valence-corrected chi connectivity index (χ1v) is 3.03. The Balaban J connectivity index is 2.99. The summed E-state index contributed by atoms with van der Waals surface area (Å²) in [4.78, 5) is 10.2. The van der Waals surface area contributed by atoms with Crippen LogP contribution in [0.3, 0.4) is 0 Å². The number of hydrogen-bond acceptors (Lipinski definition) is 2. The van der Waals surface area contributed by atoms with E-state index in [0.29, 0.717) is 18.7 Å². The second-order valence-corrected chi connectivity index (χ2v) is 1.77. The molecule has 0 saturated heterocycles. The van der Waals surface area contributed by atoms with E-state index in [1.54, 1.807) is 0 Å². The molecule has 0 aliphatic rings. The first-order chi connectivity index (χ1) is 3.81. The number of carbonyl (C=O) groups is 1. The topological polar surface area (TPSA) is 26.3 Å². The average Bonchev–Trinajstić information content (AvgIpc) is 1.83. The highest BCUT2D eigenvalue weighted by molar-refractivity contribution is 6.18. The van der Waals surface area contributed by atoms with E-state index in [0.717, 1.165) is 0 Å². The van der Waals surface area contributed by atoms with Crippen molar-refractivity contribution in [1.29, 1.82) is 0 Å². The number of halogens is 2. The van der Waals surface area contributed by atoms with Crippen LogP contribution in [-0.2, 0) is 9.08 Å². The van der Waals surface area contributed by atoms with Crippen molar-refractivity contribution in [3.05, 3.63) is 0 Å². The molecule has 4 heteroatoms. The summed E-state index contributed by atoms with van der Waals surface area (Å²) in [6.45, 7) is 0. The Hall–Kier alpha value is 0.0500. The minimum Gasteiger partial charge on any atom is -0.348 e. The highest BCUT2D eigenvalue weighted by Crippen LogP contribution is 1.95. The molecule has 0 aliphatic carbocycles. The lowest BCUT2D eigenvalue weighted by Crippen LogP contribution is -1.95. The summed E-state index contributed by atoms with van der Waals surface area (Å²) in [5, 5.41) is 0. The Morgan fingerprint density at radius 1 is 1.62 bits per heavy atom. The van der Waals surface area contributed by atoms with E-state index in [2.05, 4.69) is 4.29 Å². The molecule has 0 rings (SSSR count). The van der Waals surface area contributed by atoms with E-state index in [1.807, 2.05) is 0 Å². The van der Waals surface area contributed by atoms with Gasteiger partial charge in [0.05, 0.1) is 0 Å². The van der Waals surface area contributed by atoms with Crippen molar-refractivity contribution in [3.63, 3.8) is 0 Å². The normalized spacial score (nSPS) is 8.75. The van der Waals surface area contributed by atoms with Gasteiger partial charge < -0.3 is 4.29 Å². The van der Waals surface area contributed by atoms with Gasteiger partial charge in [-0.25, -0.2) is 0 Å². The fourth-order valence-electron chi connectivity index (χ4n) is 0.250. The molecule has 0 spiro atoms. The lowest BCUT2D eigenvalue weighted by molar-refractivity contribution is -0.133. The summed E-state index contributed by atoms with van der Waals surface area (Å²) in [7, 11) is 0. The van der Waals surface area contributed by atoms with Gasteiger partial charge in [0.25, 0.3) is 0 Å². The molecule has 0 heterocycles. The Labute approximate surface area is 57.9 Å². The predicted molar refractivity (Wildman–Crippen MR) is 31.9 cm³/mol. The summed E-state index contributed by atoms with van der Waals surface area (Å²) in [5.41, 5.74) is 0. The summed E-state index contributed by atoms with van der Waals surface area (Å²) < 4.78 is 3.83. The third kappa shape index (κ3) is 4.22. The first kappa shape index (κ1) is 8.05. The molecule has 0 fully saturated rings. The third-order valence-electron chi connectivity index (χ3n) is 0.601. The van der Waals surface area contributed by atoms with Crippen molar-refractivity contribution >= 4 is 29.4 Å². The summed E-state index contributed by atoms with van der Waals surface area (Å²) in [5.74, 6) is 0.0405. The zero-order chi connectivity index (χ0) is 6.41. The molecule has 0 atom stereocenters. The summed E-state index contributed by atoms with van der Waals surface area (Å²) >= 11 is 9.95. The van der Waals surface area contributed by atoms with Gasteiger partial charge in [-0.05, 0) is 6.42 Å². The monoisotopic (exact) mass is 156 g/mol. The molecule has 0 bridgehead atoms. The number of alkyl halides is 1. The van der Waals surface area contributed by atoms with Crippen LogP contribution < -0.4 is 0 Å². The summed E-state index contributed by atoms with van der Waals surface area (Å²) in [6, 6.07) is 0. The molecule has 0 aliphatic heterocycles. The molecule has 8 heavy (non-hydrogen) atoms. The van der Waals surface area contributed by atoms with Gasteiger partial charge in [-0.15, -0.1) is 11.6 Å². The molecule has 0 aromatic carbocycles. The van der Waals surface area contributed by atoms with Gasteiger partial charge in [-0.2, -0.15) is 0 Å². The van der Waals surface area contributed by atoms with Gasteiger partial charge in [0.1, 0.15) is 11.9 Å². The van der Waals surface area contributed by atoms with Crippen LogP contribution in [0.25, 0.3) is 0 Å². The Morgan fingerprint density at radius 3 is 2.62 bits per heavy atom. The maximum atomic E-state index is 10.2. The van der Waals surface area contributed by atoms with Crippen LogP contribution in [0.4, 0.5) is 0 Å². The van der Waals surface area contributed by atoms with E-state index < -0.39 is 5.97 Å². The Morgan fingerprint density at radius 2 is 2.25 bits per heavy atom. The quantitative estimate of drug-likeness (QED) is 0.582. The second-order valence-electron chi connectivity index (χ2n) is 1.24. The van der Waals surface area contributed by atoms with Crippen molar-refractivity contribution in [1.82, 2.24) is 0 Å². The lowest BCUT2D eigenvalue weighted by atomic mass is 10.3. The largest absolute Gasteiger partial charge is 0.348 e. The van der Waals surface area contributed by atoms with Crippen molar-refractivity contribution in [3.8, 4) is 0 Å². The van der Waals surface area contributed by atoms with E-state index >= 15 is 0 Å². The maximum absolute atomic E-state index is 10.2. The zero-order valence-corrected chi connectivity index (χ0v) is 5.71. The van der Waals surface area contributed by atoms with E-state index in [-0.39, 0.29) is 0 Å². The van der Waals surface area contributed by atoms with Gasteiger partial charge in [0.2, 0.25) is 0 Å². The van der Waals surface area contributed by atoms with Crippen LogP contribution >= 0.6 is 23.5 Å². The van der Waals surface area contributed by atoms with E-state index in [4.69, 9.17) is 23.5 Å². The van der Waals surface area contributed by atoms with Gasteiger partial charge >= 0.3 is 5.97 Å². The molecule has 0 radical (unpaired) electrons. The predicted octanol–water partition coefficient (Wildman–Crippen LogP) is 1.70. The highest BCUT2D eigenvalue weighted by Gasteiger charge is 1.97. The van der Waals surface area contributed by atoms with Gasteiger partial charge in [-0.3, -0.25) is 4.79 Å². The number of rotatable bonds is 3. The molecule has 0 amide bonds. The molecule has 0 aromatic heterocycles. The molecule has 0 aromatic rings. The average molecular weight is 157 g/mol. The first-order valence-electron chi connectivity index (χ1n) is 2.18. The smallest absolute Gasteiger partial charge is 0.324 e. The fourth-order valence-corrected chi connectivity index (χ4v) is 0.461. The van der Waals surface area contributed by atoms with Crippen LogP contribution in [0.2, 0.25) is 0 Å². The Bertz CT molecular complexity index is 74.4. The molecule has 48 valence electrons. The number of hydrogen-bond donors (Lipinski definition) is 0. The zero-order valence-electron chi connectivity index (χ0n) is 4.19. The molecule has 0 unspecified atom stereocenters. The van der Waals surface area contributed by atoms with E-state index in [1.165, 1.54) is 0 Å². The highest BCUT2D eigenvalue weighted by atomic mass is 35.5. The van der Waals surface area contributed by atoms with Crippen LogP contribution in [-0.4, -0.2) is 11.8 Å². The van der Waals surface area contributed by atoms with Gasteiger partial charge in [0.15, 0.2) is 0 Å². The van der Waals surface area contributed by atoms with Crippen molar-refractivity contribution < 1.29 is 9.08 Å². The minimum atomic E-state index is -0.424. The van der Waals surface area contributed by atoms with Gasteiger partial charge in [-0.1, -0.05) is 0 Å². The van der Waals surface area contributed by atoms with Crippen molar-refractivity contribution in [2.24, 2.45) is 0 Å². The van der Waals surface area contributed by atoms with E-state index in [9.17, 15) is 4.79 Å². The molecular formula is C4H6Cl2O2. The fraction of sp³-hybridized carbons (Fsp3) is 0.750. The summed E-state index contributed by atoms with van der Waals surface area (Å²) in [6.07, 6.45) is 0.917. The van der Waals surface area contributed by atoms with Crippen LogP contribution in [0, 0.1) is 0 Å². The lowest BCUT2D eigenvalue weighted by Gasteiger charge is -1.89. The van der Waals surface area contributed by atoms with Crippen LogP contribution in [0.15, 0.2) is 0 Å². The SMILES string of the molecule is O=C(CCCCl)OCl. The van der Waals surface area contributed by atoms with Crippen molar-refractivity contribution in [2.75, 3.05) is 5.88 Å². The number of carbonyl (C=O) groups excluding carboxylic acids is 1. The van der Waals surface area contributed by atoms with Gasteiger partial charge in [0, 0.05) is 12.3 Å². The molecule has 0 saturated carbocycles. The van der Waals surface area contributed by atoms with Crippen LogP contribution in [0.1, 0.15) is 12.8 Å². The standard InChI is InChI=1S/C4H6Cl2O2/c5-3-1-2-4(7)8-6/h1-3H2. The minimum absolute atomic E-state index is 0.299. The molecule has 0 N–H and O–H groups in total.